The van der Waals surface area contributed by atoms with Crippen LogP contribution in [0.2, 0.25) is 0 Å². The highest BCUT2D eigenvalue weighted by Gasteiger charge is 2.36. The molecule has 1 aliphatic rings. The van der Waals surface area contributed by atoms with Crippen LogP contribution in [0.5, 0.6) is 0 Å². The number of alkyl halides is 2. The Bertz CT molecular complexity index is 269. The topological polar surface area (TPSA) is 49.4 Å². The second-order valence-electron chi connectivity index (χ2n) is 3.81. The van der Waals surface area contributed by atoms with E-state index in [9.17, 15) is 9.59 Å². The highest BCUT2D eigenvalue weighted by atomic mass is 35.5. The third kappa shape index (κ3) is 2.75. The van der Waals surface area contributed by atoms with E-state index in [-0.39, 0.29) is 11.8 Å². The van der Waals surface area contributed by atoms with Crippen LogP contribution in [0.1, 0.15) is 13.8 Å². The van der Waals surface area contributed by atoms with Gasteiger partial charge in [-0.2, -0.15) is 0 Å². The predicted molar refractivity (Wildman–Crippen MR) is 58.8 cm³/mol. The molecule has 4 nitrogen and oxygen atoms in total. The van der Waals surface area contributed by atoms with Gasteiger partial charge in [-0.1, -0.05) is 37.0 Å². The van der Waals surface area contributed by atoms with Gasteiger partial charge in [0, 0.05) is 13.1 Å². The predicted octanol–water partition coefficient (Wildman–Crippen LogP) is 0.773. The Labute approximate surface area is 98.9 Å². The molecule has 1 fully saturated rings. The minimum Gasteiger partial charge on any atom is -0.353 e. The van der Waals surface area contributed by atoms with E-state index in [2.05, 4.69) is 5.32 Å². The molecule has 1 atom stereocenters. The Morgan fingerprint density at radius 1 is 1.53 bits per heavy atom. The quantitative estimate of drug-likeness (QED) is 0.739. The van der Waals surface area contributed by atoms with E-state index in [4.69, 9.17) is 23.2 Å². The van der Waals surface area contributed by atoms with Crippen molar-refractivity contribution in [1.82, 2.24) is 10.2 Å². The third-order valence-corrected chi connectivity index (χ3v) is 2.73. The zero-order valence-corrected chi connectivity index (χ0v) is 10.2. The fourth-order valence-electron chi connectivity index (χ4n) is 1.72. The molecule has 1 unspecified atom stereocenters. The summed E-state index contributed by atoms with van der Waals surface area (Å²) in [7, 11) is 0. The molecular weight excluding hydrogens is 239 g/mol. The lowest BCUT2D eigenvalue weighted by Crippen LogP contribution is -2.60. The minimum absolute atomic E-state index is 0.0429. The second-order valence-corrected chi connectivity index (χ2v) is 4.91. The largest absolute Gasteiger partial charge is 0.353 e. The maximum atomic E-state index is 11.6. The number of carbonyl (C=O) groups excluding carboxylic acids is 2. The maximum Gasteiger partial charge on any atom is 0.256 e. The van der Waals surface area contributed by atoms with Crippen molar-refractivity contribution in [1.29, 1.82) is 0 Å². The summed E-state index contributed by atoms with van der Waals surface area (Å²) in [5.74, 6) is -0.494. The number of nitrogens with zero attached hydrogens (tertiary/aromatic N) is 1. The van der Waals surface area contributed by atoms with Gasteiger partial charge in [0.1, 0.15) is 6.04 Å². The minimum atomic E-state index is -1.10. The van der Waals surface area contributed by atoms with E-state index >= 15 is 0 Å². The van der Waals surface area contributed by atoms with Gasteiger partial charge in [-0.25, -0.2) is 0 Å². The van der Waals surface area contributed by atoms with Gasteiger partial charge in [-0.3, -0.25) is 9.59 Å². The highest BCUT2D eigenvalue weighted by molar-refractivity contribution is 6.53. The lowest BCUT2D eigenvalue weighted by atomic mass is 10.00. The van der Waals surface area contributed by atoms with Gasteiger partial charge >= 0.3 is 0 Å². The summed E-state index contributed by atoms with van der Waals surface area (Å²) < 4.78 is 0. The molecule has 0 aliphatic carbocycles. The Hall–Kier alpha value is -0.480. The summed E-state index contributed by atoms with van der Waals surface area (Å²) in [5.41, 5.74) is 0. The molecule has 2 amide bonds. The van der Waals surface area contributed by atoms with Crippen LogP contribution in [0.3, 0.4) is 0 Å². The fourth-order valence-corrected chi connectivity index (χ4v) is 1.97. The number of amides is 2. The molecule has 0 aromatic carbocycles. The summed E-state index contributed by atoms with van der Waals surface area (Å²) in [6.45, 7) is 4.68. The molecule has 1 aliphatic heterocycles. The first kappa shape index (κ1) is 12.6. The van der Waals surface area contributed by atoms with Crippen molar-refractivity contribution in [3.63, 3.8) is 0 Å². The van der Waals surface area contributed by atoms with E-state index in [1.54, 1.807) is 0 Å². The van der Waals surface area contributed by atoms with Gasteiger partial charge in [0.2, 0.25) is 5.91 Å². The molecule has 1 heterocycles. The Balaban J connectivity index is 2.84. The third-order valence-electron chi connectivity index (χ3n) is 2.36. The summed E-state index contributed by atoms with van der Waals surface area (Å²) >= 11 is 11.0. The molecule has 1 rings (SSSR count). The highest BCUT2D eigenvalue weighted by Crippen LogP contribution is 2.18. The molecule has 0 saturated carbocycles. The summed E-state index contributed by atoms with van der Waals surface area (Å²) in [6.07, 6.45) is 0. The van der Waals surface area contributed by atoms with Gasteiger partial charge in [0.05, 0.1) is 0 Å². The normalized spacial score (nSPS) is 22.1. The van der Waals surface area contributed by atoms with Gasteiger partial charge in [0.25, 0.3) is 5.91 Å². The van der Waals surface area contributed by atoms with Crippen LogP contribution < -0.4 is 5.32 Å². The first-order valence-corrected chi connectivity index (χ1v) is 5.68. The van der Waals surface area contributed by atoms with Crippen LogP contribution in [0, 0.1) is 5.92 Å². The van der Waals surface area contributed by atoms with Gasteiger partial charge in [-0.15, -0.1) is 0 Å². The molecule has 1 saturated heterocycles. The summed E-state index contributed by atoms with van der Waals surface area (Å²) in [6, 6.07) is -0.466. The number of carbonyl (C=O) groups is 2. The molecule has 1 N–H and O–H groups in total. The van der Waals surface area contributed by atoms with E-state index in [1.807, 2.05) is 13.8 Å². The molecule has 15 heavy (non-hydrogen) atoms. The molecule has 86 valence electrons. The Kier molecular flexibility index (Phi) is 4.22. The van der Waals surface area contributed by atoms with Gasteiger partial charge in [0.15, 0.2) is 4.84 Å². The van der Waals surface area contributed by atoms with Crippen molar-refractivity contribution in [3.8, 4) is 0 Å². The molecule has 6 heteroatoms. The zero-order chi connectivity index (χ0) is 11.6. The van der Waals surface area contributed by atoms with Crippen molar-refractivity contribution in [2.45, 2.75) is 24.7 Å². The van der Waals surface area contributed by atoms with Crippen molar-refractivity contribution in [3.05, 3.63) is 0 Å². The smallest absolute Gasteiger partial charge is 0.256 e. The lowest BCUT2D eigenvalue weighted by molar-refractivity contribution is -0.143. The number of nitrogens with one attached hydrogen (secondary N) is 1. The molecule has 0 bridgehead atoms. The van der Waals surface area contributed by atoms with E-state index in [1.165, 1.54) is 4.90 Å². The van der Waals surface area contributed by atoms with Gasteiger partial charge in [-0.05, 0) is 5.92 Å². The van der Waals surface area contributed by atoms with E-state index < -0.39 is 16.8 Å². The SMILES string of the molecule is CC(C)C1C(=O)NCCN1C(=O)C(Cl)Cl. The van der Waals surface area contributed by atoms with Gasteiger partial charge < -0.3 is 10.2 Å². The van der Waals surface area contributed by atoms with Crippen LogP contribution in [0.15, 0.2) is 0 Å². The van der Waals surface area contributed by atoms with Crippen LogP contribution in [-0.2, 0) is 9.59 Å². The monoisotopic (exact) mass is 252 g/mol. The van der Waals surface area contributed by atoms with E-state index in [0.717, 1.165) is 0 Å². The maximum absolute atomic E-state index is 11.6. The van der Waals surface area contributed by atoms with Crippen LogP contribution in [0.4, 0.5) is 0 Å². The zero-order valence-electron chi connectivity index (χ0n) is 8.67. The molecule has 0 aromatic rings. The molecule has 0 radical (unpaired) electrons. The van der Waals surface area contributed by atoms with Crippen molar-refractivity contribution in [2.24, 2.45) is 5.92 Å². The van der Waals surface area contributed by atoms with E-state index in [0.29, 0.717) is 13.1 Å². The molecule has 0 spiro atoms. The summed E-state index contributed by atoms with van der Waals surface area (Å²) in [5, 5.41) is 2.72. The van der Waals surface area contributed by atoms with Crippen molar-refractivity contribution in [2.75, 3.05) is 13.1 Å². The standard InChI is InChI=1S/C9H14Cl2N2O2/c1-5(2)6-8(14)12-3-4-13(6)9(15)7(10)11/h5-7H,3-4H2,1-2H3,(H,12,14). The number of hydrogen-bond donors (Lipinski definition) is 1. The average Bonchev–Trinajstić information content (AvgIpc) is 2.15. The second kappa shape index (κ2) is 5.03. The first-order chi connectivity index (χ1) is 6.95. The molecule has 0 aromatic heterocycles. The van der Waals surface area contributed by atoms with Crippen molar-refractivity contribution >= 4 is 35.0 Å². The lowest BCUT2D eigenvalue weighted by Gasteiger charge is -2.37. The van der Waals surface area contributed by atoms with Crippen LogP contribution in [-0.4, -0.2) is 40.7 Å². The first-order valence-electron chi connectivity index (χ1n) is 4.81. The number of halogens is 2. The van der Waals surface area contributed by atoms with Crippen LogP contribution >= 0.6 is 23.2 Å². The summed E-state index contributed by atoms with van der Waals surface area (Å²) in [4.78, 5) is 23.6. The number of piperazine rings is 1. The number of rotatable bonds is 2. The van der Waals surface area contributed by atoms with Crippen molar-refractivity contribution < 1.29 is 9.59 Å². The fraction of sp³-hybridized carbons (Fsp3) is 0.778. The number of hydrogen-bond acceptors (Lipinski definition) is 2. The molecular formula is C9H14Cl2N2O2. The average molecular weight is 253 g/mol. The van der Waals surface area contributed by atoms with Crippen LogP contribution in [0.25, 0.3) is 0 Å². The Morgan fingerprint density at radius 3 is 2.60 bits per heavy atom. The Morgan fingerprint density at radius 2 is 2.13 bits per heavy atom.